The van der Waals surface area contributed by atoms with Gasteiger partial charge in [-0.25, -0.2) is 0 Å². The molecule has 2 atom stereocenters. The summed E-state index contributed by atoms with van der Waals surface area (Å²) in [6.45, 7) is 0. The van der Waals surface area contributed by atoms with Gasteiger partial charge in [0.25, 0.3) is 0 Å². The Labute approximate surface area is 124 Å². The Bertz CT molecular complexity index is 568. The maximum Gasteiger partial charge on any atom is 0.125 e. The van der Waals surface area contributed by atoms with E-state index in [1.165, 1.54) is 0 Å². The number of ether oxygens (including phenoxy) is 3. The molecule has 21 heavy (non-hydrogen) atoms. The second kappa shape index (κ2) is 7.11. The van der Waals surface area contributed by atoms with Gasteiger partial charge in [0.2, 0.25) is 0 Å². The van der Waals surface area contributed by atoms with Crippen LogP contribution in [-0.4, -0.2) is 26.4 Å². The quantitative estimate of drug-likeness (QED) is 0.887. The molecule has 4 heteroatoms. The zero-order valence-electron chi connectivity index (χ0n) is 12.4. The van der Waals surface area contributed by atoms with Gasteiger partial charge in [0.1, 0.15) is 23.7 Å². The van der Waals surface area contributed by atoms with E-state index in [2.05, 4.69) is 0 Å². The first-order chi connectivity index (χ1) is 10.2. The first-order valence-electron chi connectivity index (χ1n) is 6.69. The predicted octanol–water partition coefficient (Wildman–Crippen LogP) is 3.12. The van der Waals surface area contributed by atoms with E-state index in [0.29, 0.717) is 17.1 Å². The number of aliphatic hydroxyl groups excluding tert-OH is 1. The van der Waals surface area contributed by atoms with Crippen molar-refractivity contribution in [3.05, 3.63) is 59.7 Å². The summed E-state index contributed by atoms with van der Waals surface area (Å²) in [7, 11) is 4.73. The van der Waals surface area contributed by atoms with Crippen LogP contribution in [0.25, 0.3) is 0 Å². The molecule has 4 nitrogen and oxygen atoms in total. The van der Waals surface area contributed by atoms with Gasteiger partial charge in [-0.3, -0.25) is 0 Å². The van der Waals surface area contributed by atoms with E-state index in [-0.39, 0.29) is 0 Å². The van der Waals surface area contributed by atoms with Gasteiger partial charge >= 0.3 is 0 Å². The zero-order chi connectivity index (χ0) is 15.2. The zero-order valence-corrected chi connectivity index (χ0v) is 12.4. The topological polar surface area (TPSA) is 47.9 Å². The van der Waals surface area contributed by atoms with Crippen LogP contribution >= 0.6 is 0 Å². The van der Waals surface area contributed by atoms with Crippen molar-refractivity contribution < 1.29 is 19.3 Å². The van der Waals surface area contributed by atoms with Gasteiger partial charge in [-0.05, 0) is 23.8 Å². The normalized spacial score (nSPS) is 13.5. The molecular formula is C17H20O4. The van der Waals surface area contributed by atoms with Crippen LogP contribution < -0.4 is 9.47 Å². The molecule has 0 radical (unpaired) electrons. The van der Waals surface area contributed by atoms with Crippen molar-refractivity contribution in [2.75, 3.05) is 21.3 Å². The molecule has 0 saturated heterocycles. The van der Waals surface area contributed by atoms with Crippen LogP contribution in [0.15, 0.2) is 48.5 Å². The minimum Gasteiger partial charge on any atom is -0.497 e. The van der Waals surface area contributed by atoms with Crippen molar-refractivity contribution in [2.45, 2.75) is 12.2 Å². The molecule has 0 aliphatic heterocycles. The van der Waals surface area contributed by atoms with Crippen molar-refractivity contribution in [3.63, 3.8) is 0 Å². The Morgan fingerprint density at radius 3 is 2.19 bits per heavy atom. The van der Waals surface area contributed by atoms with Crippen LogP contribution in [0.5, 0.6) is 11.5 Å². The highest BCUT2D eigenvalue weighted by molar-refractivity contribution is 5.42. The van der Waals surface area contributed by atoms with Gasteiger partial charge in [-0.1, -0.05) is 30.3 Å². The van der Waals surface area contributed by atoms with E-state index >= 15 is 0 Å². The van der Waals surface area contributed by atoms with Crippen LogP contribution in [0.1, 0.15) is 23.3 Å². The molecule has 0 aromatic heterocycles. The Balaban J connectivity index is 2.39. The van der Waals surface area contributed by atoms with Gasteiger partial charge in [0.15, 0.2) is 0 Å². The van der Waals surface area contributed by atoms with Gasteiger partial charge < -0.3 is 19.3 Å². The van der Waals surface area contributed by atoms with Crippen LogP contribution in [-0.2, 0) is 4.74 Å². The maximum absolute atomic E-state index is 10.7. The maximum atomic E-state index is 10.7. The van der Waals surface area contributed by atoms with Crippen LogP contribution in [0.2, 0.25) is 0 Å². The molecule has 0 fully saturated rings. The van der Waals surface area contributed by atoms with Crippen molar-refractivity contribution in [1.29, 1.82) is 0 Å². The molecule has 2 aromatic rings. The summed E-state index contributed by atoms with van der Waals surface area (Å²) in [6.07, 6.45) is -1.34. The highest BCUT2D eigenvalue weighted by Gasteiger charge is 2.25. The fourth-order valence-corrected chi connectivity index (χ4v) is 2.32. The lowest BCUT2D eigenvalue weighted by Crippen LogP contribution is -2.14. The van der Waals surface area contributed by atoms with E-state index in [1.807, 2.05) is 30.3 Å². The summed E-state index contributed by atoms with van der Waals surface area (Å²) in [5, 5.41) is 10.7. The summed E-state index contributed by atoms with van der Waals surface area (Å²) >= 11 is 0. The van der Waals surface area contributed by atoms with Gasteiger partial charge in [0.05, 0.1) is 14.2 Å². The molecule has 0 spiro atoms. The second-order valence-electron chi connectivity index (χ2n) is 4.62. The fourth-order valence-electron chi connectivity index (χ4n) is 2.32. The summed E-state index contributed by atoms with van der Waals surface area (Å²) in [6, 6.07) is 14.9. The molecule has 2 rings (SSSR count). The minimum absolute atomic E-state index is 0.479. The van der Waals surface area contributed by atoms with E-state index in [1.54, 1.807) is 39.5 Å². The monoisotopic (exact) mass is 288 g/mol. The highest BCUT2D eigenvalue weighted by atomic mass is 16.5. The van der Waals surface area contributed by atoms with Crippen LogP contribution in [0.3, 0.4) is 0 Å². The first kappa shape index (κ1) is 15.4. The van der Waals surface area contributed by atoms with Crippen molar-refractivity contribution in [1.82, 2.24) is 0 Å². The van der Waals surface area contributed by atoms with Crippen LogP contribution in [0.4, 0.5) is 0 Å². The number of hydrogen-bond acceptors (Lipinski definition) is 4. The van der Waals surface area contributed by atoms with Crippen molar-refractivity contribution in [2.24, 2.45) is 0 Å². The van der Waals surface area contributed by atoms with Gasteiger partial charge in [-0.2, -0.15) is 0 Å². The lowest BCUT2D eigenvalue weighted by Gasteiger charge is -2.24. The summed E-state index contributed by atoms with van der Waals surface area (Å²) < 4.78 is 16.0. The van der Waals surface area contributed by atoms with Crippen molar-refractivity contribution in [3.8, 4) is 11.5 Å². The number of rotatable bonds is 6. The lowest BCUT2D eigenvalue weighted by molar-refractivity contribution is -0.0160. The molecule has 0 heterocycles. The molecule has 0 saturated carbocycles. The Kier molecular flexibility index (Phi) is 5.20. The number of methoxy groups -OCH3 is 3. The standard InChI is InChI=1S/C17H20O4/c1-19-13-9-10-15(20-2)14(11-13)16(18)17(21-3)12-7-5-4-6-8-12/h4-11,16-18H,1-3H3. The molecular weight excluding hydrogens is 268 g/mol. The smallest absolute Gasteiger partial charge is 0.125 e. The highest BCUT2D eigenvalue weighted by Crippen LogP contribution is 2.37. The second-order valence-corrected chi connectivity index (χ2v) is 4.62. The Morgan fingerprint density at radius 2 is 1.62 bits per heavy atom. The third-order valence-corrected chi connectivity index (χ3v) is 3.42. The molecule has 0 bridgehead atoms. The molecule has 2 aromatic carbocycles. The molecule has 0 aliphatic carbocycles. The molecule has 112 valence electrons. The van der Waals surface area contributed by atoms with E-state index < -0.39 is 12.2 Å². The first-order valence-corrected chi connectivity index (χ1v) is 6.69. The summed E-state index contributed by atoms with van der Waals surface area (Å²) in [4.78, 5) is 0. The third kappa shape index (κ3) is 3.35. The van der Waals surface area contributed by atoms with Crippen molar-refractivity contribution >= 4 is 0 Å². The lowest BCUT2D eigenvalue weighted by atomic mass is 9.97. The van der Waals surface area contributed by atoms with E-state index in [0.717, 1.165) is 5.56 Å². The largest absolute Gasteiger partial charge is 0.497 e. The number of benzene rings is 2. The average Bonchev–Trinajstić information content (AvgIpc) is 2.55. The van der Waals surface area contributed by atoms with E-state index in [9.17, 15) is 5.11 Å². The van der Waals surface area contributed by atoms with Gasteiger partial charge in [-0.15, -0.1) is 0 Å². The molecule has 0 aliphatic rings. The minimum atomic E-state index is -0.859. The number of aliphatic hydroxyl groups is 1. The number of hydrogen-bond donors (Lipinski definition) is 1. The predicted molar refractivity (Wildman–Crippen MR) is 80.7 cm³/mol. The molecule has 2 unspecified atom stereocenters. The fraction of sp³-hybridized carbons (Fsp3) is 0.294. The van der Waals surface area contributed by atoms with Gasteiger partial charge in [0, 0.05) is 12.7 Å². The Hall–Kier alpha value is -2.04. The third-order valence-electron chi connectivity index (χ3n) is 3.42. The molecule has 1 N–H and O–H groups in total. The molecule has 0 amide bonds. The summed E-state index contributed by atoms with van der Waals surface area (Å²) in [5.74, 6) is 1.26. The van der Waals surface area contributed by atoms with E-state index in [4.69, 9.17) is 14.2 Å². The summed E-state index contributed by atoms with van der Waals surface area (Å²) in [5.41, 5.74) is 1.53. The van der Waals surface area contributed by atoms with Crippen LogP contribution in [0, 0.1) is 0 Å². The average molecular weight is 288 g/mol. The Morgan fingerprint density at radius 1 is 0.905 bits per heavy atom. The SMILES string of the molecule is COc1ccc(OC)c(C(O)C(OC)c2ccccc2)c1.